The van der Waals surface area contributed by atoms with Gasteiger partial charge in [0.1, 0.15) is 11.6 Å². The van der Waals surface area contributed by atoms with Gasteiger partial charge in [-0.15, -0.1) is 0 Å². The molecule has 0 spiro atoms. The second kappa shape index (κ2) is 5.44. The van der Waals surface area contributed by atoms with Gasteiger partial charge in [-0.2, -0.15) is 0 Å². The van der Waals surface area contributed by atoms with Crippen molar-refractivity contribution >= 4 is 11.6 Å². The van der Waals surface area contributed by atoms with Crippen LogP contribution in [0.5, 0.6) is 0 Å². The van der Waals surface area contributed by atoms with E-state index >= 15 is 0 Å². The molecule has 18 heavy (non-hydrogen) atoms. The van der Waals surface area contributed by atoms with E-state index in [1.807, 2.05) is 20.8 Å². The largest absolute Gasteiger partial charge is 0.327 e. The van der Waals surface area contributed by atoms with Crippen LogP contribution in [0.1, 0.15) is 27.2 Å². The number of nitrogens with two attached hydrogens (primary N) is 1. The number of anilines is 1. The minimum absolute atomic E-state index is 0.0959. The molecule has 1 amide bonds. The zero-order chi connectivity index (χ0) is 13.9. The maximum absolute atomic E-state index is 12.9. The minimum Gasteiger partial charge on any atom is -0.327 e. The second-order valence-electron chi connectivity index (χ2n) is 5.38. The molecule has 100 valence electrons. The maximum atomic E-state index is 12.9. The maximum Gasteiger partial charge on any atom is 0.225 e. The van der Waals surface area contributed by atoms with Crippen molar-refractivity contribution in [3.63, 3.8) is 0 Å². The number of benzene rings is 1. The second-order valence-corrected chi connectivity index (χ2v) is 5.38. The highest BCUT2D eigenvalue weighted by Crippen LogP contribution is 2.20. The van der Waals surface area contributed by atoms with Crippen LogP contribution in [0.3, 0.4) is 0 Å². The van der Waals surface area contributed by atoms with Crippen LogP contribution in [0, 0.1) is 17.0 Å². The molecule has 0 aliphatic heterocycles. The molecule has 3 N–H and O–H groups in total. The summed E-state index contributed by atoms with van der Waals surface area (Å²) in [6.07, 6.45) is 0.0988. The number of hydrogen-bond acceptors (Lipinski definition) is 2. The highest BCUT2D eigenvalue weighted by atomic mass is 19.1. The molecule has 0 bridgehead atoms. The Balaban J connectivity index is 2.65. The minimum atomic E-state index is -0.731. The number of carbonyl (C=O) groups excluding carboxylic acids is 1. The third-order valence-electron chi connectivity index (χ3n) is 2.66. The van der Waals surface area contributed by atoms with Crippen molar-refractivity contribution < 1.29 is 13.6 Å². The zero-order valence-corrected chi connectivity index (χ0v) is 10.8. The molecule has 0 saturated heterocycles. The first-order valence-electron chi connectivity index (χ1n) is 5.70. The molecule has 1 rings (SSSR count). The van der Waals surface area contributed by atoms with E-state index in [1.165, 1.54) is 0 Å². The predicted molar refractivity (Wildman–Crippen MR) is 67.0 cm³/mol. The summed E-state index contributed by atoms with van der Waals surface area (Å²) in [6.45, 7) is 5.77. The summed E-state index contributed by atoms with van der Waals surface area (Å²) in [5, 5.41) is 2.43. The first kappa shape index (κ1) is 14.6. The van der Waals surface area contributed by atoms with Crippen molar-refractivity contribution in [3.8, 4) is 0 Å². The number of rotatable bonds is 3. The molecular formula is C13H18F2N2O. The van der Waals surface area contributed by atoms with Crippen molar-refractivity contribution in [3.05, 3.63) is 29.8 Å². The smallest absolute Gasteiger partial charge is 0.225 e. The third-order valence-corrected chi connectivity index (χ3v) is 2.66. The molecule has 1 unspecified atom stereocenters. The Morgan fingerprint density at radius 1 is 1.28 bits per heavy atom. The van der Waals surface area contributed by atoms with Gasteiger partial charge in [0.15, 0.2) is 0 Å². The lowest BCUT2D eigenvalue weighted by molar-refractivity contribution is -0.117. The van der Waals surface area contributed by atoms with E-state index in [0.717, 1.165) is 18.2 Å². The zero-order valence-electron chi connectivity index (χ0n) is 10.8. The van der Waals surface area contributed by atoms with Gasteiger partial charge >= 0.3 is 0 Å². The summed E-state index contributed by atoms with van der Waals surface area (Å²) in [5.74, 6) is -1.82. The van der Waals surface area contributed by atoms with Crippen molar-refractivity contribution in [2.24, 2.45) is 11.1 Å². The quantitative estimate of drug-likeness (QED) is 0.873. The summed E-state index contributed by atoms with van der Waals surface area (Å²) in [4.78, 5) is 11.7. The van der Waals surface area contributed by atoms with Gasteiger partial charge in [0, 0.05) is 24.2 Å². The normalized spacial score (nSPS) is 13.2. The molecule has 1 aromatic carbocycles. The highest BCUT2D eigenvalue weighted by Gasteiger charge is 2.23. The standard InChI is InChI=1S/C13H18F2N2O/c1-13(2,3)11(16)7-12(18)17-10-5-8(14)4-9(15)6-10/h4-6,11H,7,16H2,1-3H3,(H,17,18). The fourth-order valence-electron chi connectivity index (χ4n) is 1.34. The molecule has 0 saturated carbocycles. The SMILES string of the molecule is CC(C)(C)C(N)CC(=O)Nc1cc(F)cc(F)c1. The first-order valence-corrected chi connectivity index (χ1v) is 5.70. The number of amides is 1. The first-order chi connectivity index (χ1) is 8.18. The molecule has 0 heterocycles. The summed E-state index contributed by atoms with van der Waals surface area (Å²) < 4.78 is 25.8. The lowest BCUT2D eigenvalue weighted by Crippen LogP contribution is -2.38. The van der Waals surface area contributed by atoms with E-state index in [0.29, 0.717) is 0 Å². The van der Waals surface area contributed by atoms with Crippen LogP contribution >= 0.6 is 0 Å². The van der Waals surface area contributed by atoms with Gasteiger partial charge in [-0.05, 0) is 17.5 Å². The number of halogens is 2. The lowest BCUT2D eigenvalue weighted by atomic mass is 9.85. The fourth-order valence-corrected chi connectivity index (χ4v) is 1.34. The Bertz CT molecular complexity index is 421. The summed E-state index contributed by atoms with van der Waals surface area (Å²) in [7, 11) is 0. The molecular weight excluding hydrogens is 238 g/mol. The van der Waals surface area contributed by atoms with E-state index in [2.05, 4.69) is 5.32 Å². The van der Waals surface area contributed by atoms with E-state index < -0.39 is 11.6 Å². The van der Waals surface area contributed by atoms with E-state index in [-0.39, 0.29) is 29.5 Å². The highest BCUT2D eigenvalue weighted by molar-refractivity contribution is 5.91. The molecule has 0 aliphatic rings. The summed E-state index contributed by atoms with van der Waals surface area (Å²) >= 11 is 0. The molecule has 3 nitrogen and oxygen atoms in total. The van der Waals surface area contributed by atoms with Crippen molar-refractivity contribution in [1.29, 1.82) is 0 Å². The molecule has 5 heteroatoms. The van der Waals surface area contributed by atoms with Crippen LogP contribution in [-0.2, 0) is 4.79 Å². The Morgan fingerprint density at radius 2 is 1.78 bits per heavy atom. The summed E-state index contributed by atoms with van der Waals surface area (Å²) in [5.41, 5.74) is 5.75. The predicted octanol–water partition coefficient (Wildman–Crippen LogP) is 2.67. The van der Waals surface area contributed by atoms with Gasteiger partial charge in [0.2, 0.25) is 5.91 Å². The topological polar surface area (TPSA) is 55.1 Å². The van der Waals surface area contributed by atoms with Gasteiger partial charge < -0.3 is 11.1 Å². The Kier molecular flexibility index (Phi) is 4.40. The molecule has 0 aliphatic carbocycles. The van der Waals surface area contributed by atoms with Crippen LogP contribution in [0.25, 0.3) is 0 Å². The Morgan fingerprint density at radius 3 is 2.22 bits per heavy atom. The van der Waals surface area contributed by atoms with Crippen LogP contribution < -0.4 is 11.1 Å². The monoisotopic (exact) mass is 256 g/mol. The van der Waals surface area contributed by atoms with Gasteiger partial charge in [0.25, 0.3) is 0 Å². The van der Waals surface area contributed by atoms with Crippen molar-refractivity contribution in [1.82, 2.24) is 0 Å². The van der Waals surface area contributed by atoms with Crippen LogP contribution in [-0.4, -0.2) is 11.9 Å². The molecule has 0 aromatic heterocycles. The number of nitrogens with one attached hydrogen (secondary N) is 1. The van der Waals surface area contributed by atoms with Crippen LogP contribution in [0.4, 0.5) is 14.5 Å². The summed E-state index contributed by atoms with van der Waals surface area (Å²) in [6, 6.07) is 2.54. The number of carbonyl (C=O) groups is 1. The third kappa shape index (κ3) is 4.41. The average Bonchev–Trinajstić information content (AvgIpc) is 2.13. The molecule has 1 atom stereocenters. The molecule has 0 radical (unpaired) electrons. The number of hydrogen-bond donors (Lipinski definition) is 2. The lowest BCUT2D eigenvalue weighted by Gasteiger charge is -2.26. The molecule has 0 fully saturated rings. The van der Waals surface area contributed by atoms with Gasteiger partial charge in [0.05, 0.1) is 0 Å². The van der Waals surface area contributed by atoms with Crippen molar-refractivity contribution in [2.45, 2.75) is 33.2 Å². The van der Waals surface area contributed by atoms with Gasteiger partial charge in [-0.3, -0.25) is 4.79 Å². The Hall–Kier alpha value is -1.49. The van der Waals surface area contributed by atoms with E-state index in [4.69, 9.17) is 5.73 Å². The van der Waals surface area contributed by atoms with Crippen molar-refractivity contribution in [2.75, 3.05) is 5.32 Å². The van der Waals surface area contributed by atoms with E-state index in [9.17, 15) is 13.6 Å². The molecule has 1 aromatic rings. The van der Waals surface area contributed by atoms with E-state index in [1.54, 1.807) is 0 Å². The van der Waals surface area contributed by atoms with Crippen LogP contribution in [0.2, 0.25) is 0 Å². The fraction of sp³-hybridized carbons (Fsp3) is 0.462. The van der Waals surface area contributed by atoms with Crippen LogP contribution in [0.15, 0.2) is 18.2 Å². The van der Waals surface area contributed by atoms with Gasteiger partial charge in [-0.25, -0.2) is 8.78 Å². The average molecular weight is 256 g/mol. The van der Waals surface area contributed by atoms with Gasteiger partial charge in [-0.1, -0.05) is 20.8 Å². The Labute approximate surface area is 105 Å².